The molecule has 0 fully saturated rings. The third-order valence-electron chi connectivity index (χ3n) is 5.75. The van der Waals surface area contributed by atoms with Gasteiger partial charge in [-0.1, -0.05) is 50.9 Å². The van der Waals surface area contributed by atoms with Gasteiger partial charge in [0, 0.05) is 17.7 Å². The third-order valence-corrected chi connectivity index (χ3v) is 6.49. The van der Waals surface area contributed by atoms with E-state index in [2.05, 4.69) is 10.6 Å². The molecule has 0 saturated heterocycles. The molecule has 0 bridgehead atoms. The van der Waals surface area contributed by atoms with Gasteiger partial charge in [0.15, 0.2) is 0 Å². The van der Waals surface area contributed by atoms with Gasteiger partial charge in [0.05, 0.1) is 21.4 Å². The van der Waals surface area contributed by atoms with E-state index in [9.17, 15) is 14.4 Å². The fourth-order valence-electron chi connectivity index (χ4n) is 3.66. The molecule has 2 aromatic carbocycles. The van der Waals surface area contributed by atoms with Crippen LogP contribution in [0.5, 0.6) is 0 Å². The predicted octanol–water partition coefficient (Wildman–Crippen LogP) is 4.72. The number of benzene rings is 2. The van der Waals surface area contributed by atoms with Crippen LogP contribution in [0.4, 0.5) is 11.4 Å². The third kappa shape index (κ3) is 5.71. The second-order valence-electron chi connectivity index (χ2n) is 9.72. The van der Waals surface area contributed by atoms with Crippen LogP contribution in [0.2, 0.25) is 10.0 Å². The zero-order valence-corrected chi connectivity index (χ0v) is 21.3. The average molecular weight is 505 g/mol. The van der Waals surface area contributed by atoms with Crippen molar-refractivity contribution in [2.75, 3.05) is 23.3 Å². The van der Waals surface area contributed by atoms with Crippen molar-refractivity contribution in [2.45, 2.75) is 40.2 Å². The molecule has 0 aliphatic carbocycles. The SMILES string of the molecule is CC(C)CC1C(=O)Nc2cc(C(=O)NCC(C)(C)CN)ccc2N1C(=O)c1ccc(Cl)c(Cl)c1. The molecular formula is C25H30Cl2N4O3. The largest absolute Gasteiger partial charge is 0.351 e. The molecule has 0 radical (unpaired) electrons. The van der Waals surface area contributed by atoms with Crippen molar-refractivity contribution < 1.29 is 14.4 Å². The van der Waals surface area contributed by atoms with Gasteiger partial charge in [0.2, 0.25) is 5.91 Å². The minimum Gasteiger partial charge on any atom is -0.351 e. The summed E-state index contributed by atoms with van der Waals surface area (Å²) in [4.78, 5) is 40.8. The smallest absolute Gasteiger partial charge is 0.259 e. The Morgan fingerprint density at radius 2 is 1.79 bits per heavy atom. The van der Waals surface area contributed by atoms with Crippen molar-refractivity contribution in [3.8, 4) is 0 Å². The van der Waals surface area contributed by atoms with Crippen LogP contribution in [0.1, 0.15) is 54.8 Å². The van der Waals surface area contributed by atoms with Gasteiger partial charge in [-0.25, -0.2) is 0 Å². The highest BCUT2D eigenvalue weighted by Crippen LogP contribution is 2.36. The number of carbonyl (C=O) groups excluding carboxylic acids is 3. The summed E-state index contributed by atoms with van der Waals surface area (Å²) in [5.74, 6) is -0.804. The molecule has 4 N–H and O–H groups in total. The van der Waals surface area contributed by atoms with Gasteiger partial charge in [0.25, 0.3) is 11.8 Å². The molecule has 1 heterocycles. The maximum atomic E-state index is 13.6. The van der Waals surface area contributed by atoms with Gasteiger partial charge in [-0.3, -0.25) is 19.3 Å². The number of amides is 3. The zero-order valence-electron chi connectivity index (χ0n) is 19.7. The van der Waals surface area contributed by atoms with E-state index in [0.29, 0.717) is 47.0 Å². The molecule has 34 heavy (non-hydrogen) atoms. The van der Waals surface area contributed by atoms with Crippen LogP contribution in [0.3, 0.4) is 0 Å². The van der Waals surface area contributed by atoms with Crippen molar-refractivity contribution in [1.82, 2.24) is 5.32 Å². The summed E-state index contributed by atoms with van der Waals surface area (Å²) in [5, 5.41) is 6.33. The summed E-state index contributed by atoms with van der Waals surface area (Å²) in [6.07, 6.45) is 0.467. The molecule has 182 valence electrons. The Balaban J connectivity index is 1.99. The second-order valence-corrected chi connectivity index (χ2v) is 10.5. The number of fused-ring (bicyclic) bond motifs is 1. The molecule has 1 atom stereocenters. The summed E-state index contributed by atoms with van der Waals surface area (Å²) in [6, 6.07) is 8.82. The summed E-state index contributed by atoms with van der Waals surface area (Å²) in [7, 11) is 0. The number of rotatable bonds is 7. The fraction of sp³-hybridized carbons (Fsp3) is 0.400. The maximum absolute atomic E-state index is 13.6. The summed E-state index contributed by atoms with van der Waals surface area (Å²) in [6.45, 7) is 8.73. The van der Waals surface area contributed by atoms with Crippen LogP contribution in [-0.4, -0.2) is 36.9 Å². The molecule has 9 heteroatoms. The topological polar surface area (TPSA) is 105 Å². The molecule has 1 aliphatic heterocycles. The Hall–Kier alpha value is -2.61. The predicted molar refractivity (Wildman–Crippen MR) is 137 cm³/mol. The van der Waals surface area contributed by atoms with Crippen LogP contribution < -0.4 is 21.3 Å². The van der Waals surface area contributed by atoms with Crippen LogP contribution >= 0.6 is 23.2 Å². The molecular weight excluding hydrogens is 475 g/mol. The minimum atomic E-state index is -0.709. The van der Waals surface area contributed by atoms with Crippen molar-refractivity contribution in [3.63, 3.8) is 0 Å². The normalized spacial score (nSPS) is 15.7. The van der Waals surface area contributed by atoms with Crippen LogP contribution in [-0.2, 0) is 4.79 Å². The van der Waals surface area contributed by atoms with Gasteiger partial charge < -0.3 is 16.4 Å². The molecule has 3 amide bonds. The number of nitrogens with zero attached hydrogens (tertiary/aromatic N) is 1. The van der Waals surface area contributed by atoms with Gasteiger partial charge in [-0.05, 0) is 60.7 Å². The van der Waals surface area contributed by atoms with Gasteiger partial charge in [-0.2, -0.15) is 0 Å². The second kappa shape index (κ2) is 10.3. The van der Waals surface area contributed by atoms with Crippen molar-refractivity contribution in [3.05, 3.63) is 57.6 Å². The summed E-state index contributed by atoms with van der Waals surface area (Å²) >= 11 is 12.2. The Morgan fingerprint density at radius 3 is 2.41 bits per heavy atom. The molecule has 0 saturated carbocycles. The number of nitrogens with one attached hydrogen (secondary N) is 2. The Labute approximate surface area is 210 Å². The lowest BCUT2D eigenvalue weighted by Gasteiger charge is -2.37. The van der Waals surface area contributed by atoms with E-state index in [4.69, 9.17) is 28.9 Å². The average Bonchev–Trinajstić information content (AvgIpc) is 2.78. The van der Waals surface area contributed by atoms with Crippen LogP contribution in [0.15, 0.2) is 36.4 Å². The lowest BCUT2D eigenvalue weighted by molar-refractivity contribution is -0.117. The first-order valence-electron chi connectivity index (χ1n) is 11.2. The Kier molecular flexibility index (Phi) is 7.91. The van der Waals surface area contributed by atoms with Crippen LogP contribution in [0.25, 0.3) is 0 Å². The number of anilines is 2. The molecule has 7 nitrogen and oxygen atoms in total. The van der Waals surface area contributed by atoms with Crippen molar-refractivity contribution in [1.29, 1.82) is 0 Å². The van der Waals surface area contributed by atoms with E-state index in [-0.39, 0.29) is 34.1 Å². The first-order chi connectivity index (χ1) is 15.9. The first-order valence-corrected chi connectivity index (χ1v) is 11.9. The van der Waals surface area contributed by atoms with E-state index in [1.54, 1.807) is 30.3 Å². The number of nitrogens with two attached hydrogens (primary N) is 1. The molecule has 1 unspecified atom stereocenters. The lowest BCUT2D eigenvalue weighted by atomic mass is 9.93. The molecule has 0 spiro atoms. The van der Waals surface area contributed by atoms with E-state index in [0.717, 1.165) is 0 Å². The van der Waals surface area contributed by atoms with Crippen molar-refractivity contribution in [2.24, 2.45) is 17.1 Å². The monoisotopic (exact) mass is 504 g/mol. The highest BCUT2D eigenvalue weighted by atomic mass is 35.5. The number of carbonyl (C=O) groups is 3. The fourth-order valence-corrected chi connectivity index (χ4v) is 3.96. The summed E-state index contributed by atoms with van der Waals surface area (Å²) < 4.78 is 0. The van der Waals surface area contributed by atoms with E-state index in [1.807, 2.05) is 27.7 Å². The number of hydrogen-bond acceptors (Lipinski definition) is 4. The number of halogens is 2. The zero-order chi connectivity index (χ0) is 25.2. The van der Waals surface area contributed by atoms with E-state index >= 15 is 0 Å². The maximum Gasteiger partial charge on any atom is 0.259 e. The van der Waals surface area contributed by atoms with Gasteiger partial charge >= 0.3 is 0 Å². The highest BCUT2D eigenvalue weighted by molar-refractivity contribution is 6.42. The minimum absolute atomic E-state index is 0.164. The van der Waals surface area contributed by atoms with E-state index < -0.39 is 6.04 Å². The van der Waals surface area contributed by atoms with Crippen LogP contribution in [0, 0.1) is 11.3 Å². The molecule has 1 aliphatic rings. The lowest BCUT2D eigenvalue weighted by Crippen LogP contribution is -2.51. The quantitative estimate of drug-likeness (QED) is 0.507. The standard InChI is InChI=1S/C25H30Cl2N4O3/c1-14(2)9-21-23(33)30-19-11-15(22(32)29-13-25(3,4)12-28)6-8-20(19)31(21)24(34)16-5-7-17(26)18(27)10-16/h5-8,10-11,14,21H,9,12-13,28H2,1-4H3,(H,29,32)(H,30,33). The summed E-state index contributed by atoms with van der Waals surface area (Å²) in [5.41, 5.74) is 7.09. The van der Waals surface area contributed by atoms with Crippen molar-refractivity contribution >= 4 is 52.3 Å². The first kappa shape index (κ1) is 26.0. The molecule has 3 rings (SSSR count). The number of hydrogen-bond donors (Lipinski definition) is 3. The Bertz CT molecular complexity index is 1120. The van der Waals surface area contributed by atoms with Gasteiger partial charge in [0.1, 0.15) is 6.04 Å². The van der Waals surface area contributed by atoms with Gasteiger partial charge in [-0.15, -0.1) is 0 Å². The molecule has 0 aromatic heterocycles. The molecule has 2 aromatic rings. The van der Waals surface area contributed by atoms with E-state index in [1.165, 1.54) is 11.0 Å². The highest BCUT2D eigenvalue weighted by Gasteiger charge is 2.38. The Morgan fingerprint density at radius 1 is 1.12 bits per heavy atom.